The van der Waals surface area contributed by atoms with Gasteiger partial charge in [-0.25, -0.2) is 0 Å². The van der Waals surface area contributed by atoms with Crippen molar-refractivity contribution >= 4 is 0 Å². The molecule has 114 valence electrons. The van der Waals surface area contributed by atoms with Gasteiger partial charge in [-0.15, -0.1) is 0 Å². The zero-order valence-electron chi connectivity index (χ0n) is 10.7. The summed E-state index contributed by atoms with van der Waals surface area (Å²) in [5.74, 6) is 0. The highest BCUT2D eigenvalue weighted by Crippen LogP contribution is 2.49. The molecule has 0 aliphatic rings. The standard InChI is InChI=1S/C12H13F6NO/c1-19(2)7-8-3-5-9(6-4-8)10(20,11(13,14)15)12(16,17)18/h3-6,20H,7H2,1-2H3. The van der Waals surface area contributed by atoms with E-state index in [1.54, 1.807) is 19.0 Å². The van der Waals surface area contributed by atoms with Crippen molar-refractivity contribution in [2.24, 2.45) is 0 Å². The summed E-state index contributed by atoms with van der Waals surface area (Å²) in [4.78, 5) is 1.70. The van der Waals surface area contributed by atoms with Gasteiger partial charge in [0.2, 0.25) is 0 Å². The number of nitrogens with zero attached hydrogens (tertiary/aromatic N) is 1. The molecule has 0 atom stereocenters. The van der Waals surface area contributed by atoms with Crippen LogP contribution in [0.4, 0.5) is 26.3 Å². The topological polar surface area (TPSA) is 23.5 Å². The number of hydrogen-bond donors (Lipinski definition) is 1. The average molecular weight is 301 g/mol. The van der Waals surface area contributed by atoms with Crippen LogP contribution in [0.5, 0.6) is 0 Å². The molecule has 0 fully saturated rings. The van der Waals surface area contributed by atoms with Crippen LogP contribution in [0, 0.1) is 0 Å². The zero-order valence-corrected chi connectivity index (χ0v) is 10.7. The van der Waals surface area contributed by atoms with Gasteiger partial charge in [0.15, 0.2) is 0 Å². The van der Waals surface area contributed by atoms with E-state index in [1.807, 2.05) is 0 Å². The summed E-state index contributed by atoms with van der Waals surface area (Å²) in [5, 5.41) is 9.17. The Labute approximate surface area is 111 Å². The van der Waals surface area contributed by atoms with Crippen molar-refractivity contribution in [1.82, 2.24) is 4.90 Å². The van der Waals surface area contributed by atoms with Crippen LogP contribution in [-0.4, -0.2) is 36.5 Å². The third-order valence-electron chi connectivity index (χ3n) is 2.69. The Morgan fingerprint density at radius 1 is 0.900 bits per heavy atom. The maximum atomic E-state index is 12.6. The molecule has 0 amide bonds. The van der Waals surface area contributed by atoms with Crippen molar-refractivity contribution in [3.8, 4) is 0 Å². The molecule has 0 bridgehead atoms. The van der Waals surface area contributed by atoms with Gasteiger partial charge in [-0.2, -0.15) is 26.3 Å². The lowest BCUT2D eigenvalue weighted by atomic mass is 9.91. The fourth-order valence-corrected chi connectivity index (χ4v) is 1.70. The molecule has 0 saturated heterocycles. The van der Waals surface area contributed by atoms with Crippen LogP contribution in [0.15, 0.2) is 24.3 Å². The summed E-state index contributed by atoms with van der Waals surface area (Å²) in [5.41, 5.74) is -5.58. The first-order valence-electron chi connectivity index (χ1n) is 5.49. The minimum atomic E-state index is -5.85. The number of rotatable bonds is 3. The lowest BCUT2D eigenvalue weighted by molar-refractivity contribution is -0.376. The number of benzene rings is 1. The van der Waals surface area contributed by atoms with E-state index in [2.05, 4.69) is 0 Å². The Kier molecular flexibility index (Phi) is 4.40. The molecule has 0 radical (unpaired) electrons. The Balaban J connectivity index is 3.24. The van der Waals surface area contributed by atoms with E-state index in [4.69, 9.17) is 5.11 Å². The van der Waals surface area contributed by atoms with Crippen LogP contribution < -0.4 is 0 Å². The van der Waals surface area contributed by atoms with E-state index in [-0.39, 0.29) is 0 Å². The van der Waals surface area contributed by atoms with Crippen LogP contribution in [0.2, 0.25) is 0 Å². The second kappa shape index (κ2) is 5.25. The molecule has 0 unspecified atom stereocenters. The first-order valence-corrected chi connectivity index (χ1v) is 5.49. The first-order chi connectivity index (χ1) is 8.89. The molecule has 20 heavy (non-hydrogen) atoms. The van der Waals surface area contributed by atoms with E-state index < -0.39 is 23.5 Å². The van der Waals surface area contributed by atoms with Crippen LogP contribution in [-0.2, 0) is 12.1 Å². The zero-order chi connectivity index (χ0) is 15.8. The van der Waals surface area contributed by atoms with E-state index in [9.17, 15) is 26.3 Å². The Hall–Kier alpha value is -1.28. The van der Waals surface area contributed by atoms with Crippen molar-refractivity contribution in [3.63, 3.8) is 0 Å². The van der Waals surface area contributed by atoms with Crippen molar-refractivity contribution < 1.29 is 31.4 Å². The predicted octanol–water partition coefficient (Wildman–Crippen LogP) is 3.06. The van der Waals surface area contributed by atoms with E-state index in [0.29, 0.717) is 24.2 Å². The van der Waals surface area contributed by atoms with E-state index >= 15 is 0 Å². The monoisotopic (exact) mass is 301 g/mol. The minimum absolute atomic E-state index is 0.358. The normalized spacial score (nSPS) is 13.9. The van der Waals surface area contributed by atoms with Crippen molar-refractivity contribution in [2.75, 3.05) is 14.1 Å². The third kappa shape index (κ3) is 3.06. The molecule has 8 heteroatoms. The number of halogens is 6. The van der Waals surface area contributed by atoms with Crippen LogP contribution in [0.25, 0.3) is 0 Å². The van der Waals surface area contributed by atoms with E-state index in [0.717, 1.165) is 12.1 Å². The van der Waals surface area contributed by atoms with Crippen molar-refractivity contribution in [2.45, 2.75) is 24.5 Å². The smallest absolute Gasteiger partial charge is 0.369 e. The molecule has 2 nitrogen and oxygen atoms in total. The third-order valence-corrected chi connectivity index (χ3v) is 2.69. The van der Waals surface area contributed by atoms with E-state index in [1.165, 1.54) is 0 Å². The predicted molar refractivity (Wildman–Crippen MR) is 59.8 cm³/mol. The maximum Gasteiger partial charge on any atom is 0.430 e. The fourth-order valence-electron chi connectivity index (χ4n) is 1.70. The Bertz CT molecular complexity index is 435. The fraction of sp³-hybridized carbons (Fsp3) is 0.500. The molecular formula is C12H13F6NO. The second-order valence-corrected chi connectivity index (χ2v) is 4.64. The molecule has 0 spiro atoms. The van der Waals surface area contributed by atoms with Crippen LogP contribution in [0.3, 0.4) is 0 Å². The molecule has 1 aromatic rings. The molecule has 0 heterocycles. The highest BCUT2D eigenvalue weighted by Gasteiger charge is 2.71. The van der Waals surface area contributed by atoms with Gasteiger partial charge in [0.05, 0.1) is 0 Å². The minimum Gasteiger partial charge on any atom is -0.369 e. The number of hydrogen-bond acceptors (Lipinski definition) is 2. The molecule has 0 aliphatic heterocycles. The quantitative estimate of drug-likeness (QED) is 0.867. The maximum absolute atomic E-state index is 12.6. The summed E-state index contributed by atoms with van der Waals surface area (Å²) < 4.78 is 75.7. The lowest BCUT2D eigenvalue weighted by Crippen LogP contribution is -2.53. The molecule has 0 saturated carbocycles. The summed E-state index contributed by atoms with van der Waals surface area (Å²) in [7, 11) is 3.41. The van der Waals surface area contributed by atoms with Gasteiger partial charge in [-0.1, -0.05) is 24.3 Å². The van der Waals surface area contributed by atoms with Gasteiger partial charge in [-0.05, 0) is 19.7 Å². The van der Waals surface area contributed by atoms with Crippen molar-refractivity contribution in [3.05, 3.63) is 35.4 Å². The van der Waals surface area contributed by atoms with Gasteiger partial charge in [0.1, 0.15) is 0 Å². The molecule has 1 aromatic carbocycles. The largest absolute Gasteiger partial charge is 0.430 e. The summed E-state index contributed by atoms with van der Waals surface area (Å²) in [6.07, 6.45) is -11.7. The second-order valence-electron chi connectivity index (χ2n) is 4.64. The van der Waals surface area contributed by atoms with Gasteiger partial charge >= 0.3 is 12.4 Å². The summed E-state index contributed by atoms with van der Waals surface area (Å²) >= 11 is 0. The SMILES string of the molecule is CN(C)Cc1ccc(C(O)(C(F)(F)F)C(F)(F)F)cc1. The summed E-state index contributed by atoms with van der Waals surface area (Å²) in [6.45, 7) is 0.358. The molecule has 1 rings (SSSR count). The van der Waals surface area contributed by atoms with Crippen molar-refractivity contribution in [1.29, 1.82) is 0 Å². The Morgan fingerprint density at radius 2 is 1.30 bits per heavy atom. The van der Waals surface area contributed by atoms with Gasteiger partial charge in [-0.3, -0.25) is 0 Å². The number of aliphatic hydroxyl groups is 1. The Morgan fingerprint density at radius 3 is 1.60 bits per heavy atom. The highest BCUT2D eigenvalue weighted by molar-refractivity contribution is 5.30. The van der Waals surface area contributed by atoms with Gasteiger partial charge in [0.25, 0.3) is 5.60 Å². The van der Waals surface area contributed by atoms with Gasteiger partial charge in [0, 0.05) is 12.1 Å². The highest BCUT2D eigenvalue weighted by atomic mass is 19.4. The van der Waals surface area contributed by atoms with Gasteiger partial charge < -0.3 is 10.0 Å². The van der Waals surface area contributed by atoms with Crippen LogP contribution >= 0.6 is 0 Å². The lowest BCUT2D eigenvalue weighted by Gasteiger charge is -2.32. The molecule has 0 aliphatic carbocycles. The molecule has 1 N–H and O–H groups in total. The number of alkyl halides is 6. The summed E-state index contributed by atoms with van der Waals surface area (Å²) in [6, 6.07) is 3.52. The first kappa shape index (κ1) is 16.8. The molecule has 0 aromatic heterocycles. The average Bonchev–Trinajstić information content (AvgIpc) is 2.25. The van der Waals surface area contributed by atoms with Crippen LogP contribution in [0.1, 0.15) is 11.1 Å². The molecular weight excluding hydrogens is 288 g/mol.